The molecule has 3 aromatic rings. The topological polar surface area (TPSA) is 74.2 Å². The predicted molar refractivity (Wildman–Crippen MR) is 88.0 cm³/mol. The Hall–Kier alpha value is -3.13. The second-order valence-corrected chi connectivity index (χ2v) is 5.44. The van der Waals surface area contributed by atoms with E-state index in [1.807, 2.05) is 0 Å². The van der Waals surface area contributed by atoms with Gasteiger partial charge >= 0.3 is 5.97 Å². The third-order valence-electron chi connectivity index (χ3n) is 3.05. The fourth-order valence-corrected chi connectivity index (χ4v) is 2.13. The first-order chi connectivity index (χ1) is 12.4. The van der Waals surface area contributed by atoms with E-state index in [2.05, 4.69) is 15.0 Å². The van der Waals surface area contributed by atoms with Gasteiger partial charge in [-0.15, -0.1) is 0 Å². The van der Waals surface area contributed by atoms with Crippen LogP contribution in [-0.4, -0.2) is 20.9 Å². The molecule has 6 nitrogen and oxygen atoms in total. The van der Waals surface area contributed by atoms with Crippen LogP contribution < -0.4 is 9.47 Å². The Morgan fingerprint density at radius 3 is 2.62 bits per heavy atom. The zero-order valence-electron chi connectivity index (χ0n) is 13.2. The number of hydrogen-bond acceptors (Lipinski definition) is 6. The van der Waals surface area contributed by atoms with Gasteiger partial charge in [0.25, 0.3) is 5.88 Å². The highest BCUT2D eigenvalue weighted by Crippen LogP contribution is 2.29. The zero-order valence-corrected chi connectivity index (χ0v) is 14.0. The van der Waals surface area contributed by atoms with Gasteiger partial charge in [0, 0.05) is 30.9 Å². The molecule has 26 heavy (non-hydrogen) atoms. The van der Waals surface area contributed by atoms with Crippen LogP contribution in [0.2, 0.25) is 5.02 Å². The molecular formula is C17H10ClF2N3O3. The molecule has 0 aliphatic carbocycles. The number of rotatable bonds is 4. The smallest absolute Gasteiger partial charge is 0.309 e. The van der Waals surface area contributed by atoms with Crippen molar-refractivity contribution in [3.63, 3.8) is 0 Å². The summed E-state index contributed by atoms with van der Waals surface area (Å²) in [5.41, 5.74) is 0.313. The average Bonchev–Trinajstić information content (AvgIpc) is 2.58. The molecular weight excluding hydrogens is 368 g/mol. The molecule has 2 aromatic heterocycles. The van der Waals surface area contributed by atoms with E-state index in [1.165, 1.54) is 37.5 Å². The van der Waals surface area contributed by atoms with Gasteiger partial charge in [-0.05, 0) is 24.3 Å². The molecule has 0 bridgehead atoms. The minimum Gasteiger partial charge on any atom is -0.433 e. The number of aromatic nitrogens is 3. The summed E-state index contributed by atoms with van der Waals surface area (Å²) in [6.45, 7) is 1.23. The van der Waals surface area contributed by atoms with Crippen molar-refractivity contribution in [2.45, 2.75) is 6.92 Å². The van der Waals surface area contributed by atoms with Crippen molar-refractivity contribution >= 4 is 17.6 Å². The SMILES string of the molecule is CC(=O)Oc1ccnc(-c2ccc(Oc3ncc(Cl)cc3F)c(F)c2)n1. The van der Waals surface area contributed by atoms with Gasteiger partial charge in [-0.1, -0.05) is 11.6 Å². The number of carbonyl (C=O) groups excluding carboxylic acids is 1. The van der Waals surface area contributed by atoms with Gasteiger partial charge in [0.1, 0.15) is 0 Å². The Morgan fingerprint density at radius 2 is 1.92 bits per heavy atom. The minimum absolute atomic E-state index is 0.0377. The lowest BCUT2D eigenvalue weighted by Crippen LogP contribution is -2.04. The molecule has 0 radical (unpaired) electrons. The molecule has 0 N–H and O–H groups in total. The molecule has 0 aliphatic heterocycles. The average molecular weight is 378 g/mol. The summed E-state index contributed by atoms with van der Waals surface area (Å²) in [5, 5.41) is 0.0930. The van der Waals surface area contributed by atoms with Crippen molar-refractivity contribution in [3.05, 3.63) is 59.4 Å². The number of nitrogens with zero attached hydrogens (tertiary/aromatic N) is 3. The van der Waals surface area contributed by atoms with Crippen molar-refractivity contribution in [1.29, 1.82) is 0 Å². The van der Waals surface area contributed by atoms with Gasteiger partial charge in [-0.2, -0.15) is 4.98 Å². The van der Waals surface area contributed by atoms with Crippen molar-refractivity contribution in [3.8, 4) is 28.9 Å². The molecule has 3 rings (SSSR count). The number of esters is 1. The molecule has 1 aromatic carbocycles. The van der Waals surface area contributed by atoms with Gasteiger partial charge in [-0.3, -0.25) is 4.79 Å². The quantitative estimate of drug-likeness (QED) is 0.635. The van der Waals surface area contributed by atoms with E-state index in [0.29, 0.717) is 5.56 Å². The van der Waals surface area contributed by atoms with E-state index in [9.17, 15) is 13.6 Å². The predicted octanol–water partition coefficient (Wildman–Crippen LogP) is 4.19. The van der Waals surface area contributed by atoms with Crippen molar-refractivity contribution < 1.29 is 23.0 Å². The number of ether oxygens (including phenoxy) is 2. The van der Waals surface area contributed by atoms with E-state index in [4.69, 9.17) is 21.1 Å². The number of benzene rings is 1. The lowest BCUT2D eigenvalue weighted by atomic mass is 10.2. The van der Waals surface area contributed by atoms with Crippen LogP contribution in [0.1, 0.15) is 6.92 Å². The first-order valence-corrected chi connectivity index (χ1v) is 7.60. The van der Waals surface area contributed by atoms with Crippen LogP contribution in [-0.2, 0) is 4.79 Å². The minimum atomic E-state index is -0.821. The maximum atomic E-state index is 14.3. The largest absolute Gasteiger partial charge is 0.433 e. The highest BCUT2D eigenvalue weighted by molar-refractivity contribution is 6.30. The fraction of sp³-hybridized carbons (Fsp3) is 0.0588. The first kappa shape index (κ1) is 17.7. The summed E-state index contributed by atoms with van der Waals surface area (Å²) in [5.74, 6) is -2.60. The van der Waals surface area contributed by atoms with Crippen LogP contribution in [0.3, 0.4) is 0 Å². The summed E-state index contributed by atoms with van der Waals surface area (Å²) < 4.78 is 38.0. The van der Waals surface area contributed by atoms with Crippen LogP contribution >= 0.6 is 11.6 Å². The molecule has 132 valence electrons. The molecule has 0 saturated carbocycles. The van der Waals surface area contributed by atoms with Gasteiger partial charge in [0.05, 0.1) is 5.02 Å². The van der Waals surface area contributed by atoms with Gasteiger partial charge < -0.3 is 9.47 Å². The second kappa shape index (κ2) is 7.40. The molecule has 0 fully saturated rings. The third kappa shape index (κ3) is 4.09. The van der Waals surface area contributed by atoms with Gasteiger partial charge in [-0.25, -0.2) is 18.7 Å². The zero-order chi connectivity index (χ0) is 18.7. The van der Waals surface area contributed by atoms with E-state index >= 15 is 0 Å². The Labute approximate surface area is 151 Å². The van der Waals surface area contributed by atoms with Gasteiger partial charge in [0.2, 0.25) is 5.88 Å². The summed E-state index contributed by atoms with van der Waals surface area (Å²) in [4.78, 5) is 22.7. The lowest BCUT2D eigenvalue weighted by Gasteiger charge is -2.08. The number of hydrogen-bond donors (Lipinski definition) is 0. The molecule has 0 aliphatic rings. The molecule has 0 atom stereocenters. The van der Waals surface area contributed by atoms with Crippen molar-refractivity contribution in [1.82, 2.24) is 15.0 Å². The van der Waals surface area contributed by atoms with Crippen molar-refractivity contribution in [2.24, 2.45) is 0 Å². The van der Waals surface area contributed by atoms with Crippen LogP contribution in [0, 0.1) is 11.6 Å². The van der Waals surface area contributed by atoms with Crippen molar-refractivity contribution in [2.75, 3.05) is 0 Å². The lowest BCUT2D eigenvalue weighted by molar-refractivity contribution is -0.132. The van der Waals surface area contributed by atoms with Crippen LogP contribution in [0.25, 0.3) is 11.4 Å². The molecule has 9 heteroatoms. The normalized spacial score (nSPS) is 10.5. The monoisotopic (exact) mass is 377 g/mol. The molecule has 0 amide bonds. The van der Waals surface area contributed by atoms with E-state index < -0.39 is 23.5 Å². The molecule has 0 unspecified atom stereocenters. The highest BCUT2D eigenvalue weighted by Gasteiger charge is 2.13. The Bertz CT molecular complexity index is 985. The summed E-state index contributed by atoms with van der Waals surface area (Å²) in [7, 11) is 0. The summed E-state index contributed by atoms with van der Waals surface area (Å²) in [6, 6.07) is 6.26. The Kier molecular flexibility index (Phi) is 5.04. The van der Waals surface area contributed by atoms with E-state index in [0.717, 1.165) is 12.1 Å². The van der Waals surface area contributed by atoms with E-state index in [-0.39, 0.29) is 22.5 Å². The standard InChI is InChI=1S/C17H10ClF2N3O3/c1-9(24)25-15-4-5-21-16(23-15)10-2-3-14(12(19)6-10)26-17-13(20)7-11(18)8-22-17/h2-8H,1H3. The maximum absolute atomic E-state index is 14.3. The Balaban J connectivity index is 1.87. The number of pyridine rings is 1. The van der Waals surface area contributed by atoms with Crippen LogP contribution in [0.4, 0.5) is 8.78 Å². The van der Waals surface area contributed by atoms with Crippen LogP contribution in [0.15, 0.2) is 42.7 Å². The summed E-state index contributed by atoms with van der Waals surface area (Å²) >= 11 is 5.61. The molecule has 0 spiro atoms. The molecule has 2 heterocycles. The second-order valence-electron chi connectivity index (χ2n) is 5.00. The molecule has 0 saturated heterocycles. The number of halogens is 3. The maximum Gasteiger partial charge on any atom is 0.309 e. The van der Waals surface area contributed by atoms with Crippen LogP contribution in [0.5, 0.6) is 17.5 Å². The highest BCUT2D eigenvalue weighted by atomic mass is 35.5. The third-order valence-corrected chi connectivity index (χ3v) is 3.26. The van der Waals surface area contributed by atoms with Gasteiger partial charge in [0.15, 0.2) is 23.2 Å². The first-order valence-electron chi connectivity index (χ1n) is 7.22. The fourth-order valence-electron chi connectivity index (χ4n) is 1.99. The number of carbonyl (C=O) groups is 1. The summed E-state index contributed by atoms with van der Waals surface area (Å²) in [6.07, 6.45) is 2.55. The van der Waals surface area contributed by atoms with E-state index in [1.54, 1.807) is 0 Å². The Morgan fingerprint density at radius 1 is 1.12 bits per heavy atom.